The molecule has 5 aliphatic rings. The van der Waals surface area contributed by atoms with Gasteiger partial charge >= 0.3 is 5.97 Å². The first-order valence-corrected chi connectivity index (χ1v) is 9.65. The number of hydrogen-bond acceptors (Lipinski definition) is 2. The molecule has 2 atom stereocenters. The van der Waals surface area contributed by atoms with E-state index in [1.807, 2.05) is 0 Å². The second kappa shape index (κ2) is 5.21. The van der Waals surface area contributed by atoms with Crippen LogP contribution in [-0.2, 0) is 0 Å². The van der Waals surface area contributed by atoms with Crippen molar-refractivity contribution in [2.75, 3.05) is 0 Å². The van der Waals surface area contributed by atoms with Crippen molar-refractivity contribution in [1.29, 1.82) is 0 Å². The molecule has 5 fully saturated rings. The Balaban J connectivity index is 1.46. The number of carboxylic acid groups (broad SMARTS) is 1. The van der Waals surface area contributed by atoms with Crippen LogP contribution in [0.1, 0.15) is 73.7 Å². The van der Waals surface area contributed by atoms with E-state index < -0.39 is 11.8 Å². The van der Waals surface area contributed by atoms with Gasteiger partial charge in [0, 0.05) is 6.07 Å². The zero-order chi connectivity index (χ0) is 17.3. The minimum atomic E-state index is -1.20. The van der Waals surface area contributed by atoms with Crippen LogP contribution in [0.3, 0.4) is 0 Å². The summed E-state index contributed by atoms with van der Waals surface area (Å²) in [7, 11) is 0. The lowest BCUT2D eigenvalue weighted by Gasteiger charge is -2.58. The zero-order valence-corrected chi connectivity index (χ0v) is 14.6. The third-order valence-corrected chi connectivity index (χ3v) is 7.10. The van der Waals surface area contributed by atoms with Crippen LogP contribution in [0.4, 0.5) is 4.39 Å². The second-order valence-corrected chi connectivity index (χ2v) is 9.31. The molecule has 1 aromatic carbocycles. The Morgan fingerprint density at radius 1 is 1.20 bits per heavy atom. The molecule has 6 rings (SSSR count). The fourth-order valence-corrected chi connectivity index (χ4v) is 6.27. The molecule has 0 radical (unpaired) electrons. The van der Waals surface area contributed by atoms with Gasteiger partial charge in [-0.1, -0.05) is 6.92 Å². The number of hydrogen-bond donors (Lipinski definition) is 1. The van der Waals surface area contributed by atoms with E-state index in [0.29, 0.717) is 28.9 Å². The first kappa shape index (κ1) is 15.7. The molecule has 5 saturated carbocycles. The van der Waals surface area contributed by atoms with Crippen LogP contribution in [0.5, 0.6) is 5.75 Å². The van der Waals surface area contributed by atoms with E-state index in [1.165, 1.54) is 44.2 Å². The standard InChI is InChI=1S/C21H25FO3/c1-21-8-11-4-13(9-21)19(14(5-11)10-21)25-18-7-17(22)16(20(23)24)6-15(18)12-2-3-12/h6-7,11-14,19H,2-5,8-10H2,1H3,(H,23,24). The summed E-state index contributed by atoms with van der Waals surface area (Å²) in [5.41, 5.74) is 1.15. The maximum Gasteiger partial charge on any atom is 0.338 e. The van der Waals surface area contributed by atoms with Crippen molar-refractivity contribution in [2.45, 2.75) is 63.9 Å². The van der Waals surface area contributed by atoms with E-state index in [0.717, 1.165) is 24.3 Å². The Hall–Kier alpha value is -1.58. The van der Waals surface area contributed by atoms with Crippen LogP contribution in [0, 0.1) is 29.0 Å². The molecule has 0 spiro atoms. The molecule has 3 nitrogen and oxygen atoms in total. The smallest absolute Gasteiger partial charge is 0.338 e. The molecule has 0 aromatic heterocycles. The SMILES string of the molecule is CC12CC3CC(C1)C(Oc1cc(F)c(C(=O)O)cc1C1CC1)C(C3)C2. The number of carboxylic acids is 1. The van der Waals surface area contributed by atoms with Crippen molar-refractivity contribution in [3.05, 3.63) is 29.1 Å². The van der Waals surface area contributed by atoms with Crippen molar-refractivity contribution < 1.29 is 19.0 Å². The number of aromatic carboxylic acids is 1. The van der Waals surface area contributed by atoms with E-state index in [-0.39, 0.29) is 11.7 Å². The molecule has 2 unspecified atom stereocenters. The Kier molecular flexibility index (Phi) is 3.27. The summed E-state index contributed by atoms with van der Waals surface area (Å²) in [6.45, 7) is 2.42. The lowest BCUT2D eigenvalue weighted by atomic mass is 9.49. The van der Waals surface area contributed by atoms with Crippen molar-refractivity contribution in [3.8, 4) is 5.75 Å². The van der Waals surface area contributed by atoms with Gasteiger partial charge < -0.3 is 9.84 Å². The highest BCUT2D eigenvalue weighted by atomic mass is 19.1. The summed E-state index contributed by atoms with van der Waals surface area (Å²) < 4.78 is 20.7. The molecular formula is C21H25FO3. The van der Waals surface area contributed by atoms with Gasteiger partial charge in [-0.3, -0.25) is 0 Å². The first-order chi connectivity index (χ1) is 11.9. The van der Waals surface area contributed by atoms with Gasteiger partial charge in [0.25, 0.3) is 0 Å². The number of rotatable bonds is 4. The van der Waals surface area contributed by atoms with E-state index in [4.69, 9.17) is 4.74 Å². The first-order valence-electron chi connectivity index (χ1n) is 9.65. The molecule has 1 aromatic rings. The van der Waals surface area contributed by atoms with Gasteiger partial charge in [0.05, 0.1) is 5.56 Å². The third kappa shape index (κ3) is 2.56. The van der Waals surface area contributed by atoms with Crippen LogP contribution < -0.4 is 4.74 Å². The van der Waals surface area contributed by atoms with Gasteiger partial charge in [0.1, 0.15) is 17.7 Å². The summed E-state index contributed by atoms with van der Waals surface area (Å²) in [5.74, 6) is 1.05. The highest BCUT2D eigenvalue weighted by Crippen LogP contribution is 2.60. The van der Waals surface area contributed by atoms with Gasteiger partial charge in [0.2, 0.25) is 0 Å². The number of halogens is 1. The van der Waals surface area contributed by atoms with E-state index in [2.05, 4.69) is 6.92 Å². The number of ether oxygens (including phenoxy) is 1. The van der Waals surface area contributed by atoms with Crippen molar-refractivity contribution in [1.82, 2.24) is 0 Å². The molecule has 1 N–H and O–H groups in total. The molecule has 4 heteroatoms. The minimum Gasteiger partial charge on any atom is -0.489 e. The Morgan fingerprint density at radius 3 is 2.44 bits per heavy atom. The predicted molar refractivity (Wildman–Crippen MR) is 91.4 cm³/mol. The summed E-state index contributed by atoms with van der Waals surface area (Å²) in [4.78, 5) is 11.3. The Bertz CT molecular complexity index is 723. The summed E-state index contributed by atoms with van der Waals surface area (Å²) >= 11 is 0. The lowest BCUT2D eigenvalue weighted by molar-refractivity contribution is -0.117. The van der Waals surface area contributed by atoms with E-state index in [1.54, 1.807) is 0 Å². The molecule has 0 heterocycles. The maximum atomic E-state index is 14.3. The minimum absolute atomic E-state index is 0.178. The van der Waals surface area contributed by atoms with Crippen LogP contribution in [0.15, 0.2) is 12.1 Å². The van der Waals surface area contributed by atoms with Gasteiger partial charge in [-0.05, 0) is 85.7 Å². The van der Waals surface area contributed by atoms with Gasteiger partial charge in [-0.2, -0.15) is 0 Å². The van der Waals surface area contributed by atoms with Crippen LogP contribution in [0.2, 0.25) is 0 Å². The average Bonchev–Trinajstić information content (AvgIpc) is 3.33. The Labute approximate surface area is 147 Å². The largest absolute Gasteiger partial charge is 0.489 e. The monoisotopic (exact) mass is 344 g/mol. The van der Waals surface area contributed by atoms with Crippen molar-refractivity contribution in [2.24, 2.45) is 23.2 Å². The van der Waals surface area contributed by atoms with Crippen molar-refractivity contribution >= 4 is 5.97 Å². The second-order valence-electron chi connectivity index (χ2n) is 9.31. The van der Waals surface area contributed by atoms with Gasteiger partial charge in [-0.25, -0.2) is 9.18 Å². The van der Waals surface area contributed by atoms with E-state index >= 15 is 0 Å². The van der Waals surface area contributed by atoms with Crippen LogP contribution in [-0.4, -0.2) is 17.2 Å². The topological polar surface area (TPSA) is 46.5 Å². The van der Waals surface area contributed by atoms with E-state index in [9.17, 15) is 14.3 Å². The normalized spacial score (nSPS) is 38.8. The maximum absolute atomic E-state index is 14.3. The molecule has 0 saturated heterocycles. The van der Waals surface area contributed by atoms with Crippen LogP contribution in [0.25, 0.3) is 0 Å². The number of benzene rings is 1. The highest BCUT2D eigenvalue weighted by Gasteiger charge is 2.54. The highest BCUT2D eigenvalue weighted by molar-refractivity contribution is 5.88. The zero-order valence-electron chi connectivity index (χ0n) is 14.6. The summed E-state index contributed by atoms with van der Waals surface area (Å²) in [5, 5.41) is 9.22. The third-order valence-electron chi connectivity index (χ3n) is 7.10. The fraction of sp³-hybridized carbons (Fsp3) is 0.667. The molecular weight excluding hydrogens is 319 g/mol. The molecule has 134 valence electrons. The average molecular weight is 344 g/mol. The molecule has 0 aliphatic heterocycles. The summed E-state index contributed by atoms with van der Waals surface area (Å²) in [6.07, 6.45) is 8.55. The number of carbonyl (C=O) groups is 1. The molecule has 25 heavy (non-hydrogen) atoms. The van der Waals surface area contributed by atoms with Crippen LogP contribution >= 0.6 is 0 Å². The summed E-state index contributed by atoms with van der Waals surface area (Å²) in [6, 6.07) is 2.85. The quantitative estimate of drug-likeness (QED) is 0.836. The molecule has 4 bridgehead atoms. The van der Waals surface area contributed by atoms with Gasteiger partial charge in [0.15, 0.2) is 0 Å². The molecule has 5 aliphatic carbocycles. The lowest BCUT2D eigenvalue weighted by Crippen LogP contribution is -2.54. The Morgan fingerprint density at radius 2 is 1.88 bits per heavy atom. The molecule has 0 amide bonds. The van der Waals surface area contributed by atoms with Crippen molar-refractivity contribution in [3.63, 3.8) is 0 Å². The van der Waals surface area contributed by atoms with Gasteiger partial charge in [-0.15, -0.1) is 0 Å². The predicted octanol–water partition coefficient (Wildman–Crippen LogP) is 4.99. The fourth-order valence-electron chi connectivity index (χ4n) is 6.27.